The van der Waals surface area contributed by atoms with Crippen molar-refractivity contribution in [3.63, 3.8) is 0 Å². The molecule has 0 amide bonds. The van der Waals surface area contributed by atoms with Gasteiger partial charge in [-0.3, -0.25) is 9.59 Å². The van der Waals surface area contributed by atoms with Crippen LogP contribution in [0, 0.1) is 28.1 Å². The highest BCUT2D eigenvalue weighted by molar-refractivity contribution is 5.89. The van der Waals surface area contributed by atoms with Gasteiger partial charge in [-0.1, -0.05) is 32.9 Å². The number of hydrogen-bond donors (Lipinski definition) is 0. The molecule has 142 valence electrons. The van der Waals surface area contributed by atoms with E-state index in [0.717, 1.165) is 37.5 Å². The van der Waals surface area contributed by atoms with E-state index in [2.05, 4.69) is 20.4 Å². The van der Waals surface area contributed by atoms with Crippen molar-refractivity contribution in [3.05, 3.63) is 24.3 Å². The lowest BCUT2D eigenvalue weighted by Gasteiger charge is -2.57. The molecule has 2 saturated carbocycles. The Kier molecular flexibility index (Phi) is 3.92. The number of ketones is 1. The third kappa shape index (κ3) is 2.09. The van der Waals surface area contributed by atoms with Crippen molar-refractivity contribution in [1.29, 1.82) is 0 Å². The molecule has 5 atom stereocenters. The minimum Gasteiger partial charge on any atom is -0.347 e. The summed E-state index contributed by atoms with van der Waals surface area (Å²) >= 11 is 0. The number of Topliss-reactive ketones (excluding diaryl/α,β-unsaturated/α-hetero) is 1. The number of carbonyl (C=O) groups is 2. The fourth-order valence-electron chi connectivity index (χ4n) is 6.51. The first-order chi connectivity index (χ1) is 12.3. The second kappa shape index (κ2) is 5.62. The van der Waals surface area contributed by atoms with Gasteiger partial charge in [-0.05, 0) is 30.8 Å². The van der Waals surface area contributed by atoms with Crippen LogP contribution in [-0.2, 0) is 19.1 Å². The normalized spacial score (nSPS) is 47.0. The van der Waals surface area contributed by atoms with Gasteiger partial charge < -0.3 is 9.47 Å². The highest BCUT2D eigenvalue weighted by atomic mass is 16.7. The molecule has 0 aromatic rings. The van der Waals surface area contributed by atoms with Crippen LogP contribution >= 0.6 is 0 Å². The molecule has 1 unspecified atom stereocenters. The molecule has 4 heteroatoms. The topological polar surface area (TPSA) is 52.6 Å². The van der Waals surface area contributed by atoms with Crippen molar-refractivity contribution in [2.24, 2.45) is 28.1 Å². The molecule has 4 aliphatic rings. The lowest BCUT2D eigenvalue weighted by atomic mass is 9.46. The first kappa shape index (κ1) is 18.1. The molecule has 1 spiro atoms. The van der Waals surface area contributed by atoms with Crippen LogP contribution in [0.5, 0.6) is 0 Å². The number of allylic oxidation sites excluding steroid dienone is 3. The van der Waals surface area contributed by atoms with E-state index in [1.807, 2.05) is 19.1 Å². The lowest BCUT2D eigenvalue weighted by Crippen LogP contribution is -2.60. The molecule has 4 rings (SSSR count). The summed E-state index contributed by atoms with van der Waals surface area (Å²) in [5, 5.41) is 0. The van der Waals surface area contributed by atoms with Crippen LogP contribution in [0.3, 0.4) is 0 Å². The zero-order valence-corrected chi connectivity index (χ0v) is 16.2. The fraction of sp³-hybridized carbons (Fsp3) is 0.727. The van der Waals surface area contributed by atoms with Crippen LogP contribution < -0.4 is 0 Å². The number of rotatable bonds is 2. The van der Waals surface area contributed by atoms with Crippen LogP contribution in [0.1, 0.15) is 52.9 Å². The second-order valence-electron chi connectivity index (χ2n) is 9.35. The summed E-state index contributed by atoms with van der Waals surface area (Å²) in [7, 11) is 0. The smallest absolute Gasteiger partial charge is 0.173 e. The zero-order valence-electron chi connectivity index (χ0n) is 16.2. The maximum absolute atomic E-state index is 13.7. The summed E-state index contributed by atoms with van der Waals surface area (Å²) < 4.78 is 12.4. The number of hydrogen-bond acceptors (Lipinski definition) is 4. The number of ether oxygens (including phenoxy) is 2. The Morgan fingerprint density at radius 1 is 1.19 bits per heavy atom. The second-order valence-corrected chi connectivity index (χ2v) is 9.35. The summed E-state index contributed by atoms with van der Waals surface area (Å²) in [5.41, 5.74) is -0.567. The molecule has 0 N–H and O–H groups in total. The van der Waals surface area contributed by atoms with Crippen LogP contribution in [0.2, 0.25) is 0 Å². The average molecular weight is 358 g/mol. The highest BCUT2D eigenvalue weighted by Crippen LogP contribution is 2.70. The zero-order chi connectivity index (χ0) is 18.8. The Hall–Kier alpha value is -1.26. The predicted molar refractivity (Wildman–Crippen MR) is 98.4 cm³/mol. The third-order valence-corrected chi connectivity index (χ3v) is 8.13. The number of aldehydes is 1. The van der Waals surface area contributed by atoms with Gasteiger partial charge in [0.25, 0.3) is 0 Å². The molecule has 1 heterocycles. The lowest BCUT2D eigenvalue weighted by molar-refractivity contribution is -0.235. The maximum atomic E-state index is 13.7. The van der Waals surface area contributed by atoms with E-state index in [4.69, 9.17) is 9.47 Å². The molecule has 26 heavy (non-hydrogen) atoms. The van der Waals surface area contributed by atoms with Crippen LogP contribution in [-0.4, -0.2) is 31.1 Å². The minimum atomic E-state index is -0.719. The van der Waals surface area contributed by atoms with E-state index >= 15 is 0 Å². The van der Waals surface area contributed by atoms with E-state index in [-0.39, 0.29) is 23.0 Å². The van der Waals surface area contributed by atoms with E-state index in [9.17, 15) is 9.59 Å². The van der Waals surface area contributed by atoms with E-state index in [0.29, 0.717) is 19.6 Å². The molecule has 1 aliphatic heterocycles. The van der Waals surface area contributed by atoms with Gasteiger partial charge in [-0.2, -0.15) is 0 Å². The Morgan fingerprint density at radius 2 is 1.88 bits per heavy atom. The molecule has 3 fully saturated rings. The van der Waals surface area contributed by atoms with Gasteiger partial charge in [0.05, 0.1) is 13.2 Å². The van der Waals surface area contributed by atoms with Crippen LogP contribution in [0.15, 0.2) is 24.3 Å². The van der Waals surface area contributed by atoms with E-state index < -0.39 is 16.6 Å². The van der Waals surface area contributed by atoms with Gasteiger partial charge in [-0.25, -0.2) is 0 Å². The summed E-state index contributed by atoms with van der Waals surface area (Å²) in [6.07, 6.45) is 8.68. The monoisotopic (exact) mass is 358 g/mol. The van der Waals surface area contributed by atoms with Gasteiger partial charge >= 0.3 is 0 Å². The first-order valence-corrected chi connectivity index (χ1v) is 9.90. The van der Waals surface area contributed by atoms with Crippen LogP contribution in [0.25, 0.3) is 0 Å². The third-order valence-electron chi connectivity index (χ3n) is 8.13. The molecule has 0 aromatic carbocycles. The number of carbonyl (C=O) groups excluding carboxylic acids is 2. The summed E-state index contributed by atoms with van der Waals surface area (Å²) in [6, 6.07) is 0. The first-order valence-electron chi connectivity index (χ1n) is 9.90. The average Bonchev–Trinajstić information content (AvgIpc) is 3.22. The summed E-state index contributed by atoms with van der Waals surface area (Å²) in [5.74, 6) is -0.339. The van der Waals surface area contributed by atoms with Gasteiger partial charge in [0, 0.05) is 35.0 Å². The molecule has 3 aliphatic carbocycles. The van der Waals surface area contributed by atoms with Crippen LogP contribution in [0.4, 0.5) is 0 Å². The van der Waals surface area contributed by atoms with Crippen molar-refractivity contribution >= 4 is 12.1 Å². The maximum Gasteiger partial charge on any atom is 0.173 e. The Balaban J connectivity index is 2.00. The van der Waals surface area contributed by atoms with Crippen molar-refractivity contribution in [2.45, 2.75) is 58.7 Å². The fourth-order valence-corrected chi connectivity index (χ4v) is 6.51. The predicted octanol–water partition coefficient (Wildman–Crippen LogP) is 3.85. The van der Waals surface area contributed by atoms with Gasteiger partial charge in [-0.15, -0.1) is 6.58 Å². The molecule has 0 aromatic heterocycles. The highest BCUT2D eigenvalue weighted by Gasteiger charge is 2.71. The van der Waals surface area contributed by atoms with Gasteiger partial charge in [0.1, 0.15) is 12.1 Å². The Bertz CT molecular complexity index is 688. The molecule has 2 bridgehead atoms. The van der Waals surface area contributed by atoms with Gasteiger partial charge in [0.15, 0.2) is 5.79 Å². The SMILES string of the molecule is C=C[C@@]1(C)C=C(C=O)[C@@]23CC[C@@H](C)[C@@](C)(C(=O)C1)C2C1(CC3)OCCO1. The molecular weight excluding hydrogens is 328 g/mol. The molecule has 1 saturated heterocycles. The Morgan fingerprint density at radius 3 is 2.50 bits per heavy atom. The largest absolute Gasteiger partial charge is 0.347 e. The van der Waals surface area contributed by atoms with Crippen molar-refractivity contribution in [2.75, 3.05) is 13.2 Å². The van der Waals surface area contributed by atoms with Crippen molar-refractivity contribution in [1.82, 2.24) is 0 Å². The molecular formula is C22H30O4. The molecule has 4 nitrogen and oxygen atoms in total. The standard InChI is InChI=1S/C22H30O4/c1-5-19(3)12-16(14-23)21-7-6-15(2)20(4,17(24)13-19)18(21)22(9-8-21)25-10-11-26-22/h5,12,14-15,18H,1,6-11,13H2,2-4H3/t15-,18?,19+,20+,21+/m1/s1. The quantitative estimate of drug-likeness (QED) is 0.556. The van der Waals surface area contributed by atoms with Crippen molar-refractivity contribution < 1.29 is 19.1 Å². The van der Waals surface area contributed by atoms with Gasteiger partial charge in [0.2, 0.25) is 0 Å². The van der Waals surface area contributed by atoms with Crippen molar-refractivity contribution in [3.8, 4) is 0 Å². The molecule has 0 radical (unpaired) electrons. The Labute approximate surface area is 156 Å². The summed E-state index contributed by atoms with van der Waals surface area (Å²) in [6.45, 7) is 11.4. The van der Waals surface area contributed by atoms with E-state index in [1.165, 1.54) is 0 Å². The minimum absolute atomic E-state index is 0.105. The summed E-state index contributed by atoms with van der Waals surface area (Å²) in [4.78, 5) is 25.9. The van der Waals surface area contributed by atoms with E-state index in [1.54, 1.807) is 0 Å².